The SMILES string of the molecule is CC(=O)NCCNCC(Cl)=CCl. The van der Waals surface area contributed by atoms with Gasteiger partial charge in [0.1, 0.15) is 0 Å². The topological polar surface area (TPSA) is 41.1 Å². The fourth-order valence-electron chi connectivity index (χ4n) is 0.573. The molecule has 0 aliphatic rings. The highest BCUT2D eigenvalue weighted by molar-refractivity contribution is 6.36. The van der Waals surface area contributed by atoms with E-state index in [1.54, 1.807) is 0 Å². The Kier molecular flexibility index (Phi) is 7.25. The lowest BCUT2D eigenvalue weighted by Gasteiger charge is -2.03. The van der Waals surface area contributed by atoms with Crippen LogP contribution in [-0.4, -0.2) is 25.5 Å². The van der Waals surface area contributed by atoms with Crippen LogP contribution in [0.5, 0.6) is 0 Å². The molecule has 0 unspecified atom stereocenters. The molecule has 12 heavy (non-hydrogen) atoms. The van der Waals surface area contributed by atoms with Crippen LogP contribution >= 0.6 is 23.2 Å². The van der Waals surface area contributed by atoms with E-state index in [1.807, 2.05) is 0 Å². The van der Waals surface area contributed by atoms with Crippen LogP contribution < -0.4 is 10.6 Å². The third kappa shape index (κ3) is 7.85. The number of hydrogen-bond acceptors (Lipinski definition) is 2. The van der Waals surface area contributed by atoms with E-state index in [4.69, 9.17) is 23.2 Å². The summed E-state index contributed by atoms with van der Waals surface area (Å²) >= 11 is 10.9. The molecule has 70 valence electrons. The number of halogens is 2. The van der Waals surface area contributed by atoms with Crippen molar-refractivity contribution in [3.8, 4) is 0 Å². The number of amides is 1. The molecule has 0 aliphatic carbocycles. The second kappa shape index (κ2) is 7.40. The van der Waals surface area contributed by atoms with E-state index in [0.717, 1.165) is 0 Å². The zero-order chi connectivity index (χ0) is 9.40. The van der Waals surface area contributed by atoms with Crippen molar-refractivity contribution in [2.24, 2.45) is 0 Å². The Hall–Kier alpha value is -0.250. The third-order valence-corrected chi connectivity index (χ3v) is 1.71. The summed E-state index contributed by atoms with van der Waals surface area (Å²) in [5.41, 5.74) is 1.31. The van der Waals surface area contributed by atoms with Gasteiger partial charge in [-0.3, -0.25) is 4.79 Å². The molecule has 0 saturated heterocycles. The molecule has 1 amide bonds. The molecular weight excluding hydrogens is 199 g/mol. The van der Waals surface area contributed by atoms with Crippen molar-refractivity contribution in [1.29, 1.82) is 0 Å². The summed E-state index contributed by atoms with van der Waals surface area (Å²) in [7, 11) is 0. The minimum atomic E-state index is -0.0317. The summed E-state index contributed by atoms with van der Waals surface area (Å²) in [4.78, 5) is 10.4. The van der Waals surface area contributed by atoms with Gasteiger partial charge in [0, 0.05) is 37.1 Å². The van der Waals surface area contributed by atoms with E-state index in [9.17, 15) is 4.79 Å². The normalized spacial score (nSPS) is 11.4. The van der Waals surface area contributed by atoms with Crippen molar-refractivity contribution < 1.29 is 4.79 Å². The van der Waals surface area contributed by atoms with Crippen LogP contribution in [0.1, 0.15) is 6.92 Å². The van der Waals surface area contributed by atoms with Gasteiger partial charge >= 0.3 is 0 Å². The van der Waals surface area contributed by atoms with Crippen molar-refractivity contribution >= 4 is 29.1 Å². The predicted octanol–water partition coefficient (Wildman–Crippen LogP) is 1.03. The van der Waals surface area contributed by atoms with Crippen LogP contribution in [0.25, 0.3) is 0 Å². The molecule has 0 spiro atoms. The first-order valence-corrected chi connectivity index (χ1v) is 4.38. The second-order valence-corrected chi connectivity index (χ2v) is 2.92. The monoisotopic (exact) mass is 210 g/mol. The predicted molar refractivity (Wildman–Crippen MR) is 51.3 cm³/mol. The lowest BCUT2D eigenvalue weighted by Crippen LogP contribution is -2.30. The Balaban J connectivity index is 3.16. The maximum absolute atomic E-state index is 10.4. The van der Waals surface area contributed by atoms with Crippen LogP contribution in [0, 0.1) is 0 Å². The first kappa shape index (κ1) is 11.8. The van der Waals surface area contributed by atoms with E-state index in [1.165, 1.54) is 12.5 Å². The third-order valence-electron chi connectivity index (χ3n) is 1.09. The molecular formula is C7H12Cl2N2O. The van der Waals surface area contributed by atoms with Crippen molar-refractivity contribution in [1.82, 2.24) is 10.6 Å². The summed E-state index contributed by atoms with van der Waals surface area (Å²) in [5.74, 6) is -0.0317. The summed E-state index contributed by atoms with van der Waals surface area (Å²) in [6.45, 7) is 3.29. The van der Waals surface area contributed by atoms with Gasteiger partial charge in [-0.05, 0) is 0 Å². The molecule has 0 aromatic carbocycles. The highest BCUT2D eigenvalue weighted by atomic mass is 35.5. The molecule has 0 aliphatic heterocycles. The fourth-order valence-corrected chi connectivity index (χ4v) is 0.745. The Labute approximate surface area is 82.1 Å². The number of carbonyl (C=O) groups excluding carboxylic acids is 1. The van der Waals surface area contributed by atoms with Crippen LogP contribution in [0.15, 0.2) is 10.6 Å². The van der Waals surface area contributed by atoms with Gasteiger partial charge in [-0.15, -0.1) is 0 Å². The quantitative estimate of drug-likeness (QED) is 0.667. The summed E-state index contributed by atoms with van der Waals surface area (Å²) < 4.78 is 0. The molecule has 0 aromatic heterocycles. The van der Waals surface area contributed by atoms with Crippen LogP contribution in [0.3, 0.4) is 0 Å². The van der Waals surface area contributed by atoms with Gasteiger partial charge in [0.25, 0.3) is 0 Å². The number of rotatable bonds is 5. The lowest BCUT2D eigenvalue weighted by atomic mass is 10.5. The zero-order valence-corrected chi connectivity index (χ0v) is 8.37. The average molecular weight is 211 g/mol. The standard InChI is InChI=1S/C7H12Cl2N2O/c1-6(12)11-3-2-10-5-7(9)4-8/h4,10H,2-3,5H2,1H3,(H,11,12). The van der Waals surface area contributed by atoms with Gasteiger partial charge in [0.05, 0.1) is 0 Å². The van der Waals surface area contributed by atoms with Crippen LogP contribution in [0.4, 0.5) is 0 Å². The number of nitrogens with one attached hydrogen (secondary N) is 2. The molecule has 0 bridgehead atoms. The van der Waals surface area contributed by atoms with Gasteiger partial charge in [0.15, 0.2) is 0 Å². The molecule has 5 heteroatoms. The highest BCUT2D eigenvalue weighted by Crippen LogP contribution is 1.99. The van der Waals surface area contributed by atoms with Gasteiger partial charge < -0.3 is 10.6 Å². The molecule has 0 aromatic rings. The van der Waals surface area contributed by atoms with E-state index in [2.05, 4.69) is 10.6 Å². The van der Waals surface area contributed by atoms with Gasteiger partial charge in [0.2, 0.25) is 5.91 Å². The van der Waals surface area contributed by atoms with E-state index in [-0.39, 0.29) is 5.91 Å². The Morgan fingerprint density at radius 1 is 1.50 bits per heavy atom. The lowest BCUT2D eigenvalue weighted by molar-refractivity contribution is -0.118. The second-order valence-electron chi connectivity index (χ2n) is 2.22. The summed E-state index contributed by atoms with van der Waals surface area (Å²) in [6, 6.07) is 0. The van der Waals surface area contributed by atoms with Crippen molar-refractivity contribution in [3.05, 3.63) is 10.6 Å². The number of hydrogen-bond donors (Lipinski definition) is 2. The number of carbonyl (C=O) groups is 1. The molecule has 0 atom stereocenters. The maximum atomic E-state index is 10.4. The molecule has 3 nitrogen and oxygen atoms in total. The van der Waals surface area contributed by atoms with E-state index >= 15 is 0 Å². The first-order valence-electron chi connectivity index (χ1n) is 3.56. The Bertz CT molecular complexity index is 171. The minimum Gasteiger partial charge on any atom is -0.355 e. The Morgan fingerprint density at radius 3 is 2.67 bits per heavy atom. The average Bonchev–Trinajstić information content (AvgIpc) is 2.03. The largest absolute Gasteiger partial charge is 0.355 e. The van der Waals surface area contributed by atoms with Crippen LogP contribution in [-0.2, 0) is 4.79 Å². The molecule has 0 rings (SSSR count). The molecule has 2 N–H and O–H groups in total. The smallest absolute Gasteiger partial charge is 0.216 e. The van der Waals surface area contributed by atoms with Crippen molar-refractivity contribution in [2.45, 2.75) is 6.92 Å². The highest BCUT2D eigenvalue weighted by Gasteiger charge is 1.91. The van der Waals surface area contributed by atoms with Crippen molar-refractivity contribution in [3.63, 3.8) is 0 Å². The molecule has 0 fully saturated rings. The Morgan fingerprint density at radius 2 is 2.17 bits per heavy atom. The summed E-state index contributed by atoms with van der Waals surface area (Å²) in [5, 5.41) is 6.19. The molecule has 0 radical (unpaired) electrons. The van der Waals surface area contributed by atoms with Crippen molar-refractivity contribution in [2.75, 3.05) is 19.6 Å². The fraction of sp³-hybridized carbons (Fsp3) is 0.571. The molecule has 0 heterocycles. The van der Waals surface area contributed by atoms with Crippen LogP contribution in [0.2, 0.25) is 0 Å². The van der Waals surface area contributed by atoms with E-state index < -0.39 is 0 Å². The molecule has 0 saturated carbocycles. The first-order chi connectivity index (χ1) is 5.66. The maximum Gasteiger partial charge on any atom is 0.216 e. The van der Waals surface area contributed by atoms with E-state index in [0.29, 0.717) is 24.7 Å². The van der Waals surface area contributed by atoms with Gasteiger partial charge in [-0.25, -0.2) is 0 Å². The summed E-state index contributed by atoms with van der Waals surface area (Å²) in [6.07, 6.45) is 0. The van der Waals surface area contributed by atoms with Gasteiger partial charge in [-0.2, -0.15) is 0 Å². The van der Waals surface area contributed by atoms with Gasteiger partial charge in [-0.1, -0.05) is 23.2 Å². The zero-order valence-electron chi connectivity index (χ0n) is 6.86. The minimum absolute atomic E-state index is 0.0317.